The largest absolute Gasteiger partial charge is 0.378 e. The Bertz CT molecular complexity index is 1060. The number of piperidine rings is 1. The van der Waals surface area contributed by atoms with Crippen molar-refractivity contribution in [1.82, 2.24) is 29.6 Å². The van der Waals surface area contributed by atoms with E-state index in [-0.39, 0.29) is 17.1 Å². The van der Waals surface area contributed by atoms with Gasteiger partial charge in [0.05, 0.1) is 36.4 Å². The second kappa shape index (κ2) is 8.16. The summed E-state index contributed by atoms with van der Waals surface area (Å²) in [5.41, 5.74) is 1.29. The van der Waals surface area contributed by atoms with Crippen LogP contribution in [0.2, 0.25) is 5.15 Å². The third-order valence-corrected chi connectivity index (χ3v) is 6.07. The van der Waals surface area contributed by atoms with Gasteiger partial charge in [0.25, 0.3) is 5.91 Å². The zero-order valence-corrected chi connectivity index (χ0v) is 17.2. The van der Waals surface area contributed by atoms with E-state index in [9.17, 15) is 4.79 Å². The molecule has 0 unspecified atom stereocenters. The zero-order valence-electron chi connectivity index (χ0n) is 16.4. The smallest absolute Gasteiger partial charge is 0.256 e. The predicted molar refractivity (Wildman–Crippen MR) is 112 cm³/mol. The van der Waals surface area contributed by atoms with Crippen LogP contribution in [0.3, 0.4) is 0 Å². The van der Waals surface area contributed by atoms with E-state index >= 15 is 0 Å². The zero-order chi connectivity index (χ0) is 20.5. The van der Waals surface area contributed by atoms with Gasteiger partial charge in [-0.3, -0.25) is 4.79 Å². The first-order valence-corrected chi connectivity index (χ1v) is 10.5. The molecule has 3 aromatic rings. The van der Waals surface area contributed by atoms with Gasteiger partial charge < -0.3 is 14.5 Å². The van der Waals surface area contributed by atoms with Gasteiger partial charge in [-0.2, -0.15) is 5.10 Å². The Kier molecular flexibility index (Phi) is 5.22. The van der Waals surface area contributed by atoms with Gasteiger partial charge in [-0.1, -0.05) is 11.6 Å². The molecule has 2 aliphatic heterocycles. The summed E-state index contributed by atoms with van der Waals surface area (Å²) >= 11 is 6.09. The second-order valence-corrected chi connectivity index (χ2v) is 7.85. The molecule has 2 fully saturated rings. The van der Waals surface area contributed by atoms with E-state index in [4.69, 9.17) is 16.3 Å². The van der Waals surface area contributed by atoms with Crippen LogP contribution >= 0.6 is 11.6 Å². The van der Waals surface area contributed by atoms with Crippen LogP contribution in [0.5, 0.6) is 0 Å². The van der Waals surface area contributed by atoms with Crippen LogP contribution in [0.1, 0.15) is 29.2 Å². The number of carbonyl (C=O) groups is 1. The summed E-state index contributed by atoms with van der Waals surface area (Å²) in [5, 5.41) is 5.84. The molecule has 10 heteroatoms. The third-order valence-electron chi connectivity index (χ3n) is 5.77. The number of anilines is 1. The molecule has 0 bridgehead atoms. The van der Waals surface area contributed by atoms with Crippen LogP contribution in [0.25, 0.3) is 11.0 Å². The van der Waals surface area contributed by atoms with Gasteiger partial charge in [0.15, 0.2) is 5.65 Å². The van der Waals surface area contributed by atoms with E-state index in [2.05, 4.69) is 25.0 Å². The molecule has 9 nitrogen and oxygen atoms in total. The number of amides is 1. The molecule has 1 amide bonds. The van der Waals surface area contributed by atoms with Crippen LogP contribution in [-0.2, 0) is 4.74 Å². The SMILES string of the molecule is O=C(c1cccnc1Cl)N1CCC(n2ncc3c(N4CCOCC4)ncnc32)CC1. The summed E-state index contributed by atoms with van der Waals surface area (Å²) in [7, 11) is 0. The van der Waals surface area contributed by atoms with Crippen molar-refractivity contribution in [2.24, 2.45) is 0 Å². The highest BCUT2D eigenvalue weighted by molar-refractivity contribution is 6.32. The minimum atomic E-state index is -0.0752. The van der Waals surface area contributed by atoms with E-state index in [1.165, 1.54) is 0 Å². The highest BCUT2D eigenvalue weighted by Gasteiger charge is 2.28. The quantitative estimate of drug-likeness (QED) is 0.592. The van der Waals surface area contributed by atoms with Gasteiger partial charge in [-0.05, 0) is 25.0 Å². The van der Waals surface area contributed by atoms with Crippen LogP contribution < -0.4 is 4.90 Å². The summed E-state index contributed by atoms with van der Waals surface area (Å²) in [5.74, 6) is 0.835. The molecule has 156 valence electrons. The molecule has 0 aliphatic carbocycles. The lowest BCUT2D eigenvalue weighted by Gasteiger charge is -2.32. The topological polar surface area (TPSA) is 89.3 Å². The first-order chi connectivity index (χ1) is 14.7. The number of morpholine rings is 1. The van der Waals surface area contributed by atoms with Crippen LogP contribution in [-0.4, -0.2) is 74.9 Å². The maximum absolute atomic E-state index is 12.8. The third kappa shape index (κ3) is 3.48. The lowest BCUT2D eigenvalue weighted by atomic mass is 10.0. The molecule has 5 rings (SSSR count). The number of ether oxygens (including phenoxy) is 1. The van der Waals surface area contributed by atoms with Gasteiger partial charge in [-0.25, -0.2) is 19.6 Å². The number of pyridine rings is 1. The maximum Gasteiger partial charge on any atom is 0.256 e. The molecule has 2 aliphatic rings. The Labute approximate surface area is 178 Å². The Morgan fingerprint density at radius 2 is 1.90 bits per heavy atom. The summed E-state index contributed by atoms with van der Waals surface area (Å²) in [6, 6.07) is 3.63. The fourth-order valence-corrected chi connectivity index (χ4v) is 4.37. The van der Waals surface area contributed by atoms with Crippen molar-refractivity contribution in [1.29, 1.82) is 0 Å². The summed E-state index contributed by atoms with van der Waals surface area (Å²) in [6.07, 6.45) is 6.65. The minimum absolute atomic E-state index is 0.0752. The number of nitrogens with zero attached hydrogens (tertiary/aromatic N) is 7. The maximum atomic E-state index is 12.8. The van der Waals surface area contributed by atoms with Crippen LogP contribution in [0.15, 0.2) is 30.9 Å². The van der Waals surface area contributed by atoms with Crippen molar-refractivity contribution in [2.45, 2.75) is 18.9 Å². The van der Waals surface area contributed by atoms with Gasteiger partial charge in [0.2, 0.25) is 0 Å². The van der Waals surface area contributed by atoms with E-state index < -0.39 is 0 Å². The average Bonchev–Trinajstić information content (AvgIpc) is 3.24. The van der Waals surface area contributed by atoms with Crippen LogP contribution in [0, 0.1) is 0 Å². The molecule has 3 aromatic heterocycles. The van der Waals surface area contributed by atoms with E-state index in [1.54, 1.807) is 24.7 Å². The van der Waals surface area contributed by atoms with Crippen LogP contribution in [0.4, 0.5) is 5.82 Å². The molecule has 0 spiro atoms. The summed E-state index contributed by atoms with van der Waals surface area (Å²) in [4.78, 5) is 29.9. The highest BCUT2D eigenvalue weighted by atomic mass is 35.5. The fraction of sp³-hybridized carbons (Fsp3) is 0.450. The second-order valence-electron chi connectivity index (χ2n) is 7.49. The van der Waals surface area contributed by atoms with Crippen molar-refractivity contribution in [3.8, 4) is 0 Å². The molecular weight excluding hydrogens is 406 g/mol. The Morgan fingerprint density at radius 1 is 1.10 bits per heavy atom. The number of hydrogen-bond acceptors (Lipinski definition) is 7. The average molecular weight is 428 g/mol. The predicted octanol–water partition coefficient (Wildman–Crippen LogP) is 2.19. The highest BCUT2D eigenvalue weighted by Crippen LogP contribution is 2.30. The summed E-state index contributed by atoms with van der Waals surface area (Å²) in [6.45, 7) is 4.30. The monoisotopic (exact) mass is 427 g/mol. The molecule has 0 N–H and O–H groups in total. The normalized spacial score (nSPS) is 18.2. The molecule has 0 saturated carbocycles. The molecule has 0 atom stereocenters. The summed E-state index contributed by atoms with van der Waals surface area (Å²) < 4.78 is 7.44. The lowest BCUT2D eigenvalue weighted by molar-refractivity contribution is 0.0691. The van der Waals surface area contributed by atoms with Crippen molar-refractivity contribution in [3.63, 3.8) is 0 Å². The van der Waals surface area contributed by atoms with Crippen molar-refractivity contribution in [3.05, 3.63) is 41.6 Å². The number of aromatic nitrogens is 5. The van der Waals surface area contributed by atoms with E-state index in [1.807, 2.05) is 15.8 Å². The molecule has 5 heterocycles. The molecule has 2 saturated heterocycles. The standard InChI is InChI=1S/C20H22ClN7O2/c21-17-15(2-1-5-22-17)20(29)27-6-3-14(4-7-27)28-19-16(12-25-28)18(23-13-24-19)26-8-10-30-11-9-26/h1-2,5,12-14H,3-4,6-11H2. The van der Waals surface area contributed by atoms with Crippen molar-refractivity contribution >= 4 is 34.4 Å². The van der Waals surface area contributed by atoms with E-state index in [0.717, 1.165) is 42.8 Å². The Hall–Kier alpha value is -2.78. The number of likely N-dealkylation sites (tertiary alicyclic amines) is 1. The van der Waals surface area contributed by atoms with Gasteiger partial charge >= 0.3 is 0 Å². The number of hydrogen-bond donors (Lipinski definition) is 0. The van der Waals surface area contributed by atoms with E-state index in [0.29, 0.717) is 31.9 Å². The van der Waals surface area contributed by atoms with Gasteiger partial charge in [-0.15, -0.1) is 0 Å². The molecular formula is C20H22ClN7O2. The first-order valence-electron chi connectivity index (χ1n) is 10.1. The molecule has 30 heavy (non-hydrogen) atoms. The molecule has 0 radical (unpaired) electrons. The number of fused-ring (bicyclic) bond motifs is 1. The number of rotatable bonds is 3. The number of halogens is 1. The van der Waals surface area contributed by atoms with Gasteiger partial charge in [0, 0.05) is 32.4 Å². The lowest BCUT2D eigenvalue weighted by Crippen LogP contribution is -2.39. The van der Waals surface area contributed by atoms with Gasteiger partial charge in [0.1, 0.15) is 17.3 Å². The molecule has 0 aromatic carbocycles. The first kappa shape index (κ1) is 19.2. The minimum Gasteiger partial charge on any atom is -0.378 e. The van der Waals surface area contributed by atoms with Crippen molar-refractivity contribution in [2.75, 3.05) is 44.3 Å². The van der Waals surface area contributed by atoms with Crippen molar-refractivity contribution < 1.29 is 9.53 Å². The fourth-order valence-electron chi connectivity index (χ4n) is 4.17. The Morgan fingerprint density at radius 3 is 2.67 bits per heavy atom. The Balaban J connectivity index is 1.33. The number of carbonyl (C=O) groups excluding carboxylic acids is 1.